The van der Waals surface area contributed by atoms with Crippen molar-refractivity contribution in [1.29, 1.82) is 0 Å². The Morgan fingerprint density at radius 3 is 2.67 bits per heavy atom. The maximum Gasteiger partial charge on any atom is 0.235 e. The highest BCUT2D eigenvalue weighted by Gasteiger charge is 2.57. The Hall–Kier alpha value is -1.88. The first-order valence-corrected chi connectivity index (χ1v) is 11.7. The minimum absolute atomic E-state index is 0.0378. The fraction of sp³-hybridized carbons (Fsp3) is 0.680. The van der Waals surface area contributed by atoms with E-state index in [1.54, 1.807) is 12.0 Å². The number of carbonyl (C=O) groups excluding carboxylic acids is 2. The summed E-state index contributed by atoms with van der Waals surface area (Å²) in [5.74, 6) is 2.07. The van der Waals surface area contributed by atoms with Crippen LogP contribution in [0.5, 0.6) is 5.75 Å². The summed E-state index contributed by atoms with van der Waals surface area (Å²) in [7, 11) is 1.71. The number of benzene rings is 1. The quantitative estimate of drug-likeness (QED) is 0.666. The molecule has 0 bridgehead atoms. The normalized spacial score (nSPS) is 30.7. The Morgan fingerprint density at radius 1 is 1.20 bits per heavy atom. The SMILES string of the molecule is CCN(CC)CCN1C(=O)CC2C3CCc4cc(OC)ccc4C3CCC2(C)C1=O. The zero-order valence-corrected chi connectivity index (χ0v) is 18.9. The minimum atomic E-state index is -0.400. The smallest absolute Gasteiger partial charge is 0.235 e. The summed E-state index contributed by atoms with van der Waals surface area (Å²) in [6.07, 6.45) is 4.49. The highest BCUT2D eigenvalue weighted by atomic mass is 16.5. The number of imide groups is 1. The molecule has 1 saturated heterocycles. The lowest BCUT2D eigenvalue weighted by molar-refractivity contribution is -0.167. The van der Waals surface area contributed by atoms with Crippen LogP contribution in [-0.2, 0) is 16.0 Å². The maximum absolute atomic E-state index is 13.6. The number of aryl methyl sites for hydroxylation is 1. The van der Waals surface area contributed by atoms with Gasteiger partial charge in [-0.15, -0.1) is 0 Å². The van der Waals surface area contributed by atoms with Crippen LogP contribution < -0.4 is 4.74 Å². The minimum Gasteiger partial charge on any atom is -0.497 e. The summed E-state index contributed by atoms with van der Waals surface area (Å²) in [4.78, 5) is 30.5. The molecule has 4 unspecified atom stereocenters. The Kier molecular flexibility index (Phi) is 5.93. The lowest BCUT2D eigenvalue weighted by Crippen LogP contribution is -2.60. The summed E-state index contributed by atoms with van der Waals surface area (Å²) in [5, 5.41) is 0. The number of carbonyl (C=O) groups is 2. The molecule has 0 spiro atoms. The molecular weight excluding hydrogens is 376 g/mol. The van der Waals surface area contributed by atoms with Crippen LogP contribution in [0.1, 0.15) is 63.5 Å². The molecule has 2 fully saturated rings. The maximum atomic E-state index is 13.6. The molecular formula is C25H36N2O3. The molecule has 0 N–H and O–H groups in total. The van der Waals surface area contributed by atoms with Gasteiger partial charge in [0.15, 0.2) is 0 Å². The zero-order valence-electron chi connectivity index (χ0n) is 18.9. The number of hydrogen-bond acceptors (Lipinski definition) is 4. The van der Waals surface area contributed by atoms with Crippen molar-refractivity contribution < 1.29 is 14.3 Å². The van der Waals surface area contributed by atoms with Crippen molar-refractivity contribution in [2.24, 2.45) is 17.3 Å². The summed E-state index contributed by atoms with van der Waals surface area (Å²) >= 11 is 0. The number of piperidine rings is 1. The lowest BCUT2D eigenvalue weighted by Gasteiger charge is -2.54. The summed E-state index contributed by atoms with van der Waals surface area (Å²) in [6, 6.07) is 6.45. The molecule has 4 atom stereocenters. The molecule has 0 radical (unpaired) electrons. The second kappa shape index (κ2) is 8.33. The van der Waals surface area contributed by atoms with E-state index in [1.165, 1.54) is 11.1 Å². The lowest BCUT2D eigenvalue weighted by atomic mass is 9.52. The predicted molar refractivity (Wildman–Crippen MR) is 118 cm³/mol. The van der Waals surface area contributed by atoms with Gasteiger partial charge in [0.1, 0.15) is 5.75 Å². The topological polar surface area (TPSA) is 49.9 Å². The van der Waals surface area contributed by atoms with E-state index in [9.17, 15) is 9.59 Å². The molecule has 1 aromatic rings. The Morgan fingerprint density at radius 2 is 1.97 bits per heavy atom. The van der Waals surface area contributed by atoms with E-state index in [0.717, 1.165) is 51.1 Å². The number of hydrogen-bond donors (Lipinski definition) is 0. The van der Waals surface area contributed by atoms with E-state index in [0.29, 0.717) is 24.8 Å². The van der Waals surface area contributed by atoms with E-state index in [-0.39, 0.29) is 17.7 Å². The standard InChI is InChI=1S/C25H36N2O3/c1-5-26(6-2)13-14-27-23(28)16-22-21-9-7-17-15-18(30-4)8-10-19(17)20(21)11-12-25(22,3)24(27)29/h8,10,15,20-22H,5-7,9,11-14,16H2,1-4H3. The van der Waals surface area contributed by atoms with Gasteiger partial charge >= 0.3 is 0 Å². The van der Waals surface area contributed by atoms with E-state index >= 15 is 0 Å². The van der Waals surface area contributed by atoms with Crippen molar-refractivity contribution in [1.82, 2.24) is 9.80 Å². The first-order valence-electron chi connectivity index (χ1n) is 11.7. The second-order valence-electron chi connectivity index (χ2n) is 9.52. The highest BCUT2D eigenvalue weighted by Crippen LogP contribution is 2.58. The summed E-state index contributed by atoms with van der Waals surface area (Å²) in [6.45, 7) is 9.57. The fourth-order valence-electron chi connectivity index (χ4n) is 6.38. The van der Waals surface area contributed by atoms with E-state index in [2.05, 4.69) is 43.9 Å². The van der Waals surface area contributed by atoms with Gasteiger partial charge in [-0.1, -0.05) is 26.8 Å². The van der Waals surface area contributed by atoms with Crippen molar-refractivity contribution in [2.75, 3.05) is 33.3 Å². The van der Waals surface area contributed by atoms with Gasteiger partial charge in [0.25, 0.3) is 0 Å². The molecule has 164 valence electrons. The molecule has 3 aliphatic rings. The number of amides is 2. The van der Waals surface area contributed by atoms with E-state index in [4.69, 9.17) is 4.74 Å². The number of likely N-dealkylation sites (N-methyl/N-ethyl adjacent to an activating group) is 1. The van der Waals surface area contributed by atoms with Gasteiger partial charge < -0.3 is 9.64 Å². The molecule has 5 heteroatoms. The third-order valence-corrected chi connectivity index (χ3v) is 8.29. The van der Waals surface area contributed by atoms with Crippen LogP contribution in [0.4, 0.5) is 0 Å². The predicted octanol–water partition coefficient (Wildman–Crippen LogP) is 3.86. The molecule has 0 aromatic heterocycles. The Balaban J connectivity index is 1.55. The number of fused-ring (bicyclic) bond motifs is 5. The fourth-order valence-corrected chi connectivity index (χ4v) is 6.38. The number of ether oxygens (including phenoxy) is 1. The van der Waals surface area contributed by atoms with Crippen LogP contribution in [0.2, 0.25) is 0 Å². The van der Waals surface area contributed by atoms with Gasteiger partial charge in [0.2, 0.25) is 11.8 Å². The van der Waals surface area contributed by atoms with Crippen LogP contribution in [0, 0.1) is 17.3 Å². The second-order valence-corrected chi connectivity index (χ2v) is 9.52. The Bertz CT molecular complexity index is 819. The number of rotatable bonds is 6. The van der Waals surface area contributed by atoms with Crippen molar-refractivity contribution in [3.63, 3.8) is 0 Å². The molecule has 2 aliphatic carbocycles. The summed E-state index contributed by atoms with van der Waals surface area (Å²) < 4.78 is 5.42. The van der Waals surface area contributed by atoms with Crippen molar-refractivity contribution in [2.45, 2.75) is 58.8 Å². The van der Waals surface area contributed by atoms with Crippen molar-refractivity contribution in [3.8, 4) is 5.75 Å². The van der Waals surface area contributed by atoms with Gasteiger partial charge in [0.05, 0.1) is 12.5 Å². The molecule has 1 aliphatic heterocycles. The van der Waals surface area contributed by atoms with Crippen LogP contribution in [-0.4, -0.2) is 54.9 Å². The number of likely N-dealkylation sites (tertiary alicyclic amines) is 1. The third kappa shape index (κ3) is 3.45. The number of methoxy groups -OCH3 is 1. The van der Waals surface area contributed by atoms with Crippen LogP contribution in [0.15, 0.2) is 18.2 Å². The van der Waals surface area contributed by atoms with Crippen LogP contribution in [0.3, 0.4) is 0 Å². The average molecular weight is 413 g/mol. The monoisotopic (exact) mass is 412 g/mol. The van der Waals surface area contributed by atoms with Gasteiger partial charge in [-0.2, -0.15) is 0 Å². The van der Waals surface area contributed by atoms with Crippen LogP contribution in [0.25, 0.3) is 0 Å². The van der Waals surface area contributed by atoms with Crippen molar-refractivity contribution in [3.05, 3.63) is 29.3 Å². The van der Waals surface area contributed by atoms with E-state index in [1.807, 2.05) is 0 Å². The largest absolute Gasteiger partial charge is 0.497 e. The summed E-state index contributed by atoms with van der Waals surface area (Å²) in [5.41, 5.74) is 2.40. The van der Waals surface area contributed by atoms with Gasteiger partial charge in [0, 0.05) is 19.5 Å². The third-order valence-electron chi connectivity index (χ3n) is 8.29. The molecule has 4 rings (SSSR count). The Labute approximate surface area is 180 Å². The molecule has 1 aromatic carbocycles. The average Bonchev–Trinajstić information content (AvgIpc) is 2.76. The molecule has 1 heterocycles. The van der Waals surface area contributed by atoms with Gasteiger partial charge in [-0.05, 0) is 79.8 Å². The number of nitrogens with zero attached hydrogens (tertiary/aromatic N) is 2. The van der Waals surface area contributed by atoms with E-state index < -0.39 is 5.41 Å². The molecule has 5 nitrogen and oxygen atoms in total. The van der Waals surface area contributed by atoms with Crippen molar-refractivity contribution >= 4 is 11.8 Å². The molecule has 1 saturated carbocycles. The molecule has 30 heavy (non-hydrogen) atoms. The first kappa shape index (κ1) is 21.4. The van der Waals surface area contributed by atoms with Gasteiger partial charge in [-0.25, -0.2) is 0 Å². The first-order chi connectivity index (χ1) is 14.4. The highest BCUT2D eigenvalue weighted by molar-refractivity contribution is 6.01. The molecule has 2 amide bonds. The zero-order chi connectivity index (χ0) is 21.5. The van der Waals surface area contributed by atoms with Crippen LogP contribution >= 0.6 is 0 Å². The van der Waals surface area contributed by atoms with Gasteiger partial charge in [-0.3, -0.25) is 14.5 Å².